The molecule has 3 fully saturated rings. The standard InChI is InChI=1S/C14H26N2/c1-10-4-2-7-14(10)16-8-11-5-3-6-13(15)12(11)9-16/h10-14H,2-9,15H2,1H3. The van der Waals surface area contributed by atoms with Gasteiger partial charge in [0.25, 0.3) is 0 Å². The summed E-state index contributed by atoms with van der Waals surface area (Å²) in [4.78, 5) is 2.79. The van der Waals surface area contributed by atoms with Gasteiger partial charge in [-0.25, -0.2) is 0 Å². The zero-order valence-corrected chi connectivity index (χ0v) is 10.6. The molecule has 1 heterocycles. The molecule has 2 aliphatic carbocycles. The normalized spacial score (nSPS) is 49.5. The van der Waals surface area contributed by atoms with Crippen LogP contribution in [0.25, 0.3) is 0 Å². The van der Waals surface area contributed by atoms with Crippen LogP contribution >= 0.6 is 0 Å². The van der Waals surface area contributed by atoms with Crippen molar-refractivity contribution in [1.29, 1.82) is 0 Å². The summed E-state index contributed by atoms with van der Waals surface area (Å²) in [5, 5.41) is 0. The van der Waals surface area contributed by atoms with Crippen LogP contribution in [0.3, 0.4) is 0 Å². The topological polar surface area (TPSA) is 29.3 Å². The summed E-state index contributed by atoms with van der Waals surface area (Å²) in [5.74, 6) is 2.68. The summed E-state index contributed by atoms with van der Waals surface area (Å²) in [6.45, 7) is 5.10. The lowest BCUT2D eigenvalue weighted by molar-refractivity contribution is 0.194. The first-order valence-electron chi connectivity index (χ1n) is 7.25. The van der Waals surface area contributed by atoms with Crippen molar-refractivity contribution in [3.05, 3.63) is 0 Å². The van der Waals surface area contributed by atoms with E-state index < -0.39 is 0 Å². The molecule has 0 aromatic rings. The highest BCUT2D eigenvalue weighted by Crippen LogP contribution is 2.40. The van der Waals surface area contributed by atoms with Crippen LogP contribution in [-0.4, -0.2) is 30.1 Å². The van der Waals surface area contributed by atoms with Gasteiger partial charge in [-0.2, -0.15) is 0 Å². The molecule has 2 heteroatoms. The predicted molar refractivity (Wildman–Crippen MR) is 67.2 cm³/mol. The lowest BCUT2D eigenvalue weighted by Crippen LogP contribution is -2.39. The monoisotopic (exact) mass is 222 g/mol. The van der Waals surface area contributed by atoms with Gasteiger partial charge in [-0.1, -0.05) is 19.8 Å². The Morgan fingerprint density at radius 1 is 1.00 bits per heavy atom. The molecule has 2 saturated carbocycles. The largest absolute Gasteiger partial charge is 0.327 e. The number of hydrogen-bond donors (Lipinski definition) is 1. The minimum absolute atomic E-state index is 0.500. The van der Waals surface area contributed by atoms with Crippen LogP contribution in [0.5, 0.6) is 0 Å². The van der Waals surface area contributed by atoms with Crippen molar-refractivity contribution in [1.82, 2.24) is 4.90 Å². The lowest BCUT2D eigenvalue weighted by Gasteiger charge is -2.30. The average molecular weight is 222 g/mol. The van der Waals surface area contributed by atoms with Gasteiger partial charge in [-0.3, -0.25) is 4.90 Å². The highest BCUT2D eigenvalue weighted by molar-refractivity contribution is 4.96. The number of likely N-dealkylation sites (tertiary alicyclic amines) is 1. The Kier molecular flexibility index (Phi) is 2.97. The van der Waals surface area contributed by atoms with E-state index in [1.165, 1.54) is 51.6 Å². The second-order valence-electron chi connectivity index (χ2n) is 6.45. The number of nitrogens with zero attached hydrogens (tertiary/aromatic N) is 1. The molecule has 0 bridgehead atoms. The van der Waals surface area contributed by atoms with Gasteiger partial charge in [0.2, 0.25) is 0 Å². The van der Waals surface area contributed by atoms with Crippen molar-refractivity contribution in [3.63, 3.8) is 0 Å². The maximum Gasteiger partial charge on any atom is 0.0121 e. The van der Waals surface area contributed by atoms with Gasteiger partial charge in [0.15, 0.2) is 0 Å². The Balaban J connectivity index is 1.67. The second-order valence-corrected chi connectivity index (χ2v) is 6.45. The number of hydrogen-bond acceptors (Lipinski definition) is 2. The molecule has 92 valence electrons. The third-order valence-corrected chi connectivity index (χ3v) is 5.47. The van der Waals surface area contributed by atoms with Crippen LogP contribution in [0.15, 0.2) is 0 Å². The van der Waals surface area contributed by atoms with Crippen LogP contribution in [0.2, 0.25) is 0 Å². The van der Waals surface area contributed by atoms with Crippen LogP contribution in [0.1, 0.15) is 45.4 Å². The van der Waals surface area contributed by atoms with E-state index in [1.54, 1.807) is 0 Å². The molecule has 16 heavy (non-hydrogen) atoms. The van der Waals surface area contributed by atoms with Crippen LogP contribution in [-0.2, 0) is 0 Å². The molecule has 5 atom stereocenters. The Labute approximate surface area is 99.6 Å². The molecule has 5 unspecified atom stereocenters. The van der Waals surface area contributed by atoms with Gasteiger partial charge in [-0.05, 0) is 43.4 Å². The van der Waals surface area contributed by atoms with Gasteiger partial charge in [0.05, 0.1) is 0 Å². The van der Waals surface area contributed by atoms with Gasteiger partial charge < -0.3 is 5.73 Å². The SMILES string of the molecule is CC1CCCC1N1CC2CCCC(N)C2C1. The van der Waals surface area contributed by atoms with Crippen molar-refractivity contribution in [3.8, 4) is 0 Å². The van der Waals surface area contributed by atoms with Crippen LogP contribution in [0, 0.1) is 17.8 Å². The number of rotatable bonds is 1. The zero-order valence-electron chi connectivity index (χ0n) is 10.6. The fraction of sp³-hybridized carbons (Fsp3) is 1.00. The zero-order chi connectivity index (χ0) is 11.1. The van der Waals surface area contributed by atoms with Crippen molar-refractivity contribution < 1.29 is 0 Å². The van der Waals surface area contributed by atoms with E-state index in [-0.39, 0.29) is 0 Å². The molecule has 0 radical (unpaired) electrons. The van der Waals surface area contributed by atoms with Gasteiger partial charge >= 0.3 is 0 Å². The molecule has 3 rings (SSSR count). The minimum Gasteiger partial charge on any atom is -0.327 e. The molecule has 1 saturated heterocycles. The number of fused-ring (bicyclic) bond motifs is 1. The maximum atomic E-state index is 6.29. The quantitative estimate of drug-likeness (QED) is 0.737. The van der Waals surface area contributed by atoms with Crippen molar-refractivity contribution in [2.45, 2.75) is 57.5 Å². The Morgan fingerprint density at radius 2 is 1.81 bits per heavy atom. The lowest BCUT2D eigenvalue weighted by atomic mass is 9.78. The van der Waals surface area contributed by atoms with Gasteiger partial charge in [0.1, 0.15) is 0 Å². The van der Waals surface area contributed by atoms with E-state index in [1.807, 2.05) is 0 Å². The minimum atomic E-state index is 0.500. The van der Waals surface area contributed by atoms with E-state index in [9.17, 15) is 0 Å². The van der Waals surface area contributed by atoms with Crippen molar-refractivity contribution in [2.75, 3.05) is 13.1 Å². The summed E-state index contributed by atoms with van der Waals surface area (Å²) < 4.78 is 0. The van der Waals surface area contributed by atoms with Gasteiger partial charge in [-0.15, -0.1) is 0 Å². The fourth-order valence-electron chi connectivity index (χ4n) is 4.49. The first-order valence-corrected chi connectivity index (χ1v) is 7.25. The smallest absolute Gasteiger partial charge is 0.0121 e. The average Bonchev–Trinajstić information content (AvgIpc) is 2.84. The van der Waals surface area contributed by atoms with E-state index in [2.05, 4.69) is 11.8 Å². The predicted octanol–water partition coefficient (Wildman–Crippen LogP) is 2.23. The summed E-state index contributed by atoms with van der Waals surface area (Å²) in [7, 11) is 0. The van der Waals surface area contributed by atoms with Crippen LogP contribution in [0.4, 0.5) is 0 Å². The Bertz CT molecular complexity index is 253. The highest BCUT2D eigenvalue weighted by atomic mass is 15.2. The van der Waals surface area contributed by atoms with Crippen molar-refractivity contribution in [2.24, 2.45) is 23.5 Å². The molecule has 1 aliphatic heterocycles. The molecule has 0 aromatic carbocycles. The highest BCUT2D eigenvalue weighted by Gasteiger charge is 2.42. The molecule has 3 aliphatic rings. The second kappa shape index (κ2) is 4.30. The molecular formula is C14H26N2. The van der Waals surface area contributed by atoms with Crippen molar-refractivity contribution >= 4 is 0 Å². The first kappa shape index (κ1) is 11.0. The molecule has 0 amide bonds. The molecule has 2 N–H and O–H groups in total. The Hall–Kier alpha value is -0.0800. The molecule has 0 spiro atoms. The fourth-order valence-corrected chi connectivity index (χ4v) is 4.49. The number of nitrogens with two attached hydrogens (primary N) is 1. The van der Waals surface area contributed by atoms with E-state index in [0.717, 1.165) is 23.8 Å². The summed E-state index contributed by atoms with van der Waals surface area (Å²) in [6, 6.07) is 1.39. The van der Waals surface area contributed by atoms with E-state index in [0.29, 0.717) is 6.04 Å². The molecule has 0 aromatic heterocycles. The van der Waals surface area contributed by atoms with E-state index in [4.69, 9.17) is 5.73 Å². The summed E-state index contributed by atoms with van der Waals surface area (Å²) in [5.41, 5.74) is 6.29. The maximum absolute atomic E-state index is 6.29. The van der Waals surface area contributed by atoms with Gasteiger partial charge in [0, 0.05) is 25.2 Å². The van der Waals surface area contributed by atoms with E-state index >= 15 is 0 Å². The summed E-state index contributed by atoms with van der Waals surface area (Å²) >= 11 is 0. The third-order valence-electron chi connectivity index (χ3n) is 5.47. The third kappa shape index (κ3) is 1.80. The van der Waals surface area contributed by atoms with Crippen LogP contribution < -0.4 is 5.73 Å². The molecule has 2 nitrogen and oxygen atoms in total. The summed E-state index contributed by atoms with van der Waals surface area (Å²) in [6.07, 6.45) is 8.42. The molecular weight excluding hydrogens is 196 g/mol. The first-order chi connectivity index (χ1) is 7.75. The Morgan fingerprint density at radius 3 is 2.50 bits per heavy atom.